The highest BCUT2D eigenvalue weighted by atomic mass is 32.2. The third kappa shape index (κ3) is 3.39. The minimum absolute atomic E-state index is 0.00999. The van der Waals surface area contributed by atoms with Gasteiger partial charge in [-0.3, -0.25) is 4.68 Å². The lowest BCUT2D eigenvalue weighted by Gasteiger charge is -2.32. The van der Waals surface area contributed by atoms with Gasteiger partial charge in [-0.2, -0.15) is 5.10 Å². The van der Waals surface area contributed by atoms with E-state index in [0.29, 0.717) is 0 Å². The Morgan fingerprint density at radius 1 is 1.50 bits per heavy atom. The normalized spacial score (nSPS) is 21.5. The van der Waals surface area contributed by atoms with Gasteiger partial charge in [-0.1, -0.05) is 6.92 Å². The number of nitrogens with one attached hydrogen (secondary N) is 1. The number of sulfonamides is 1. The van der Waals surface area contributed by atoms with E-state index in [1.54, 1.807) is 10.7 Å². The Kier molecular flexibility index (Phi) is 4.82. The van der Waals surface area contributed by atoms with Crippen LogP contribution < -0.4 is 4.72 Å². The highest BCUT2D eigenvalue weighted by Crippen LogP contribution is 2.16. The van der Waals surface area contributed by atoms with E-state index >= 15 is 0 Å². The average Bonchev–Trinajstić information content (AvgIpc) is 2.88. The predicted octanol–water partition coefficient (Wildman–Crippen LogP) is 1.23. The molecule has 0 unspecified atom stereocenters. The molecular formula is C13H24N4O2S. The van der Waals surface area contributed by atoms with Gasteiger partial charge >= 0.3 is 0 Å². The molecule has 2 heterocycles. The zero-order valence-electron chi connectivity index (χ0n) is 12.4. The van der Waals surface area contributed by atoms with Crippen molar-refractivity contribution in [2.45, 2.75) is 50.7 Å². The Labute approximate surface area is 121 Å². The Bertz CT molecular complexity index is 538. The van der Waals surface area contributed by atoms with Crippen LogP contribution in [-0.2, 0) is 10.0 Å². The number of aromatic nitrogens is 2. The fraction of sp³-hybridized carbons (Fsp3) is 0.769. The highest BCUT2D eigenvalue weighted by Gasteiger charge is 2.27. The van der Waals surface area contributed by atoms with Gasteiger partial charge in [-0.05, 0) is 45.8 Å². The summed E-state index contributed by atoms with van der Waals surface area (Å²) in [4.78, 5) is 2.27. The van der Waals surface area contributed by atoms with Gasteiger partial charge in [0.1, 0.15) is 0 Å². The molecule has 1 saturated heterocycles. The van der Waals surface area contributed by atoms with Crippen molar-refractivity contribution in [2.75, 3.05) is 19.6 Å². The third-order valence-electron chi connectivity index (χ3n) is 3.67. The smallest absolute Gasteiger partial charge is 0.258 e. The lowest BCUT2D eigenvalue weighted by Crippen LogP contribution is -2.47. The summed E-state index contributed by atoms with van der Waals surface area (Å²) < 4.78 is 29.4. The summed E-state index contributed by atoms with van der Waals surface area (Å²) in [6.07, 6.45) is 3.46. The number of piperidine rings is 1. The molecule has 1 aliphatic rings. The van der Waals surface area contributed by atoms with Crippen LogP contribution in [0, 0.1) is 0 Å². The number of nitrogens with zero attached hydrogens (tertiary/aromatic N) is 3. The van der Waals surface area contributed by atoms with Crippen molar-refractivity contribution in [1.82, 2.24) is 19.4 Å². The number of hydrogen-bond acceptors (Lipinski definition) is 4. The number of rotatable bonds is 5. The SMILES string of the molecule is CCN1CCC[C@H](NS(=O)(=O)c2ccnn2C(C)C)C1. The molecule has 0 spiro atoms. The largest absolute Gasteiger partial charge is 0.302 e. The lowest BCUT2D eigenvalue weighted by atomic mass is 10.1. The maximum Gasteiger partial charge on any atom is 0.258 e. The van der Waals surface area contributed by atoms with Crippen LogP contribution in [-0.4, -0.2) is 48.8 Å². The summed E-state index contributed by atoms with van der Waals surface area (Å²) in [5.41, 5.74) is 0. The van der Waals surface area contributed by atoms with Gasteiger partial charge in [-0.25, -0.2) is 13.1 Å². The van der Waals surface area contributed by atoms with Gasteiger partial charge in [0.05, 0.1) is 6.20 Å². The molecule has 1 aliphatic heterocycles. The first kappa shape index (κ1) is 15.5. The molecule has 1 aromatic rings. The van der Waals surface area contributed by atoms with Crippen LogP contribution in [0.3, 0.4) is 0 Å². The van der Waals surface area contributed by atoms with Crippen molar-refractivity contribution >= 4 is 10.0 Å². The number of likely N-dealkylation sites (tertiary alicyclic amines) is 1. The van der Waals surface area contributed by atoms with Crippen LogP contribution in [0.25, 0.3) is 0 Å². The Morgan fingerprint density at radius 3 is 2.90 bits per heavy atom. The van der Waals surface area contributed by atoms with Gasteiger partial charge < -0.3 is 4.90 Å². The number of likely N-dealkylation sites (N-methyl/N-ethyl adjacent to an activating group) is 1. The first-order valence-electron chi connectivity index (χ1n) is 7.22. The van der Waals surface area contributed by atoms with Crippen molar-refractivity contribution in [3.63, 3.8) is 0 Å². The fourth-order valence-corrected chi connectivity index (χ4v) is 4.12. The molecule has 1 aromatic heterocycles. The second-order valence-corrected chi connectivity index (χ2v) is 7.22. The predicted molar refractivity (Wildman–Crippen MR) is 78.1 cm³/mol. The maximum atomic E-state index is 12.5. The number of hydrogen-bond donors (Lipinski definition) is 1. The molecule has 6 nitrogen and oxygen atoms in total. The van der Waals surface area contributed by atoms with Crippen LogP contribution in [0.2, 0.25) is 0 Å². The van der Waals surface area contributed by atoms with Crippen molar-refractivity contribution in [1.29, 1.82) is 0 Å². The van der Waals surface area contributed by atoms with E-state index < -0.39 is 10.0 Å². The molecule has 2 rings (SSSR count). The van der Waals surface area contributed by atoms with Crippen molar-refractivity contribution < 1.29 is 8.42 Å². The molecule has 20 heavy (non-hydrogen) atoms. The standard InChI is InChI=1S/C13H24N4O2S/c1-4-16-9-5-6-12(10-16)15-20(18,19)13-7-8-14-17(13)11(2)3/h7-8,11-12,15H,4-6,9-10H2,1-3H3/t12-/m0/s1. The molecule has 0 bridgehead atoms. The van der Waals surface area contributed by atoms with Crippen molar-refractivity contribution in [3.05, 3.63) is 12.3 Å². The summed E-state index contributed by atoms with van der Waals surface area (Å²) in [5, 5.41) is 4.34. The molecule has 0 aromatic carbocycles. The first-order chi connectivity index (χ1) is 9.44. The molecule has 0 radical (unpaired) electrons. The monoisotopic (exact) mass is 300 g/mol. The molecular weight excluding hydrogens is 276 g/mol. The van der Waals surface area contributed by atoms with Crippen molar-refractivity contribution in [2.24, 2.45) is 0 Å². The Morgan fingerprint density at radius 2 is 2.25 bits per heavy atom. The molecule has 0 amide bonds. The quantitative estimate of drug-likeness (QED) is 0.888. The molecule has 7 heteroatoms. The van der Waals surface area contributed by atoms with E-state index in [1.165, 1.54) is 6.20 Å². The summed E-state index contributed by atoms with van der Waals surface area (Å²) in [6.45, 7) is 8.74. The molecule has 1 fully saturated rings. The van der Waals surface area contributed by atoms with E-state index in [1.807, 2.05) is 13.8 Å². The second kappa shape index (κ2) is 6.24. The zero-order chi connectivity index (χ0) is 14.8. The topological polar surface area (TPSA) is 67.2 Å². The first-order valence-corrected chi connectivity index (χ1v) is 8.70. The van der Waals surface area contributed by atoms with E-state index in [4.69, 9.17) is 0 Å². The summed E-state index contributed by atoms with van der Waals surface area (Å²) in [7, 11) is -3.50. The zero-order valence-corrected chi connectivity index (χ0v) is 13.2. The highest BCUT2D eigenvalue weighted by molar-refractivity contribution is 7.89. The van der Waals surface area contributed by atoms with Crippen LogP contribution in [0.1, 0.15) is 39.7 Å². The fourth-order valence-electron chi connectivity index (χ4n) is 2.62. The van der Waals surface area contributed by atoms with Crippen LogP contribution in [0.15, 0.2) is 17.3 Å². The summed E-state index contributed by atoms with van der Waals surface area (Å²) in [6, 6.07) is 1.57. The minimum atomic E-state index is -3.50. The molecule has 0 saturated carbocycles. The molecule has 114 valence electrons. The lowest BCUT2D eigenvalue weighted by molar-refractivity contribution is 0.211. The Balaban J connectivity index is 2.13. The second-order valence-electron chi connectivity index (χ2n) is 5.56. The van der Waals surface area contributed by atoms with Crippen molar-refractivity contribution in [3.8, 4) is 0 Å². The summed E-state index contributed by atoms with van der Waals surface area (Å²) in [5.74, 6) is 0. The van der Waals surface area contributed by atoms with Gasteiger partial charge in [0.25, 0.3) is 10.0 Å². The van der Waals surface area contributed by atoms with E-state index in [-0.39, 0.29) is 17.1 Å². The maximum absolute atomic E-state index is 12.5. The van der Waals surface area contributed by atoms with E-state index in [0.717, 1.165) is 32.5 Å². The van der Waals surface area contributed by atoms with Gasteiger partial charge in [0.2, 0.25) is 0 Å². The van der Waals surface area contributed by atoms with Crippen LogP contribution >= 0.6 is 0 Å². The molecule has 1 N–H and O–H groups in total. The molecule has 1 atom stereocenters. The van der Waals surface area contributed by atoms with Crippen LogP contribution in [0.5, 0.6) is 0 Å². The van der Waals surface area contributed by atoms with E-state index in [9.17, 15) is 8.42 Å². The van der Waals surface area contributed by atoms with Crippen LogP contribution in [0.4, 0.5) is 0 Å². The summed E-state index contributed by atoms with van der Waals surface area (Å²) >= 11 is 0. The average molecular weight is 300 g/mol. The molecule has 0 aliphatic carbocycles. The van der Waals surface area contributed by atoms with Gasteiger partial charge in [0, 0.05) is 18.6 Å². The minimum Gasteiger partial charge on any atom is -0.302 e. The Hall–Kier alpha value is -0.920. The van der Waals surface area contributed by atoms with E-state index in [2.05, 4.69) is 21.6 Å². The third-order valence-corrected chi connectivity index (χ3v) is 5.19. The van der Waals surface area contributed by atoms with Gasteiger partial charge in [-0.15, -0.1) is 0 Å². The van der Waals surface area contributed by atoms with Gasteiger partial charge in [0.15, 0.2) is 5.03 Å².